The van der Waals surface area contributed by atoms with Crippen molar-refractivity contribution in [2.45, 2.75) is 42.9 Å². The van der Waals surface area contributed by atoms with E-state index >= 15 is 0 Å². The van der Waals surface area contributed by atoms with Crippen molar-refractivity contribution in [3.63, 3.8) is 0 Å². The van der Waals surface area contributed by atoms with Crippen molar-refractivity contribution in [1.29, 1.82) is 0 Å². The summed E-state index contributed by atoms with van der Waals surface area (Å²) in [6.07, 6.45) is 4.07. The van der Waals surface area contributed by atoms with Gasteiger partial charge < -0.3 is 0 Å². The number of nitrogens with zero attached hydrogens (tertiary/aromatic N) is 1. The van der Waals surface area contributed by atoms with Crippen LogP contribution in [0.1, 0.15) is 37.5 Å². The molecule has 1 aliphatic heterocycles. The summed E-state index contributed by atoms with van der Waals surface area (Å²) in [6.45, 7) is 4.38. The third kappa shape index (κ3) is 3.51. The second kappa shape index (κ2) is 7.39. The van der Waals surface area contributed by atoms with Gasteiger partial charge in [-0.15, -0.1) is 0 Å². The van der Waals surface area contributed by atoms with E-state index in [1.165, 1.54) is 10.0 Å². The first kappa shape index (κ1) is 15.7. The van der Waals surface area contributed by atoms with Crippen LogP contribution in [0.2, 0.25) is 4.82 Å². The molecule has 3 nitrogen and oxygen atoms in total. The summed E-state index contributed by atoms with van der Waals surface area (Å²) in [7, 11) is 0. The van der Waals surface area contributed by atoms with Gasteiger partial charge in [-0.25, -0.2) is 0 Å². The Labute approximate surface area is 131 Å². The van der Waals surface area contributed by atoms with Crippen molar-refractivity contribution in [2.75, 3.05) is 6.26 Å². The van der Waals surface area contributed by atoms with Gasteiger partial charge in [-0.3, -0.25) is 0 Å². The number of benzene rings is 1. The molecule has 1 aromatic rings. The molecule has 110 valence electrons. The van der Waals surface area contributed by atoms with E-state index in [2.05, 4.69) is 49.5 Å². The Balaban J connectivity index is 2.17. The number of oxime groups is 1. The number of thioether (sulfide) groups is 1. The van der Waals surface area contributed by atoms with Crippen molar-refractivity contribution in [2.24, 2.45) is 5.16 Å². The normalized spacial score (nSPS) is 25.6. The average molecular weight is 358 g/mol. The fourth-order valence-corrected chi connectivity index (χ4v) is 6.10. The van der Waals surface area contributed by atoms with E-state index in [0.29, 0.717) is 30.9 Å². The molecule has 0 amide bonds. The number of hydrogen-bond acceptors (Lipinski definition) is 4. The van der Waals surface area contributed by atoms with E-state index in [-0.39, 0.29) is 6.10 Å². The first-order chi connectivity index (χ1) is 9.69. The predicted molar refractivity (Wildman–Crippen MR) is 86.5 cm³/mol. The van der Waals surface area contributed by atoms with E-state index in [1.54, 1.807) is 0 Å². The molecule has 1 saturated heterocycles. The van der Waals surface area contributed by atoms with Crippen LogP contribution in [0.25, 0.3) is 0 Å². The van der Waals surface area contributed by atoms with Crippen molar-refractivity contribution in [3.8, 4) is 0 Å². The molecule has 2 rings (SSSR count). The molecular weight excluding hydrogens is 337 g/mol. The molecule has 1 fully saturated rings. The topological polar surface area (TPSA) is 41.8 Å². The maximum atomic E-state index is 8.91. The summed E-state index contributed by atoms with van der Waals surface area (Å²) in [6, 6.07) is 8.70. The Kier molecular flexibility index (Phi) is 5.82. The van der Waals surface area contributed by atoms with Crippen LogP contribution >= 0.6 is 11.8 Å². The van der Waals surface area contributed by atoms with E-state index in [9.17, 15) is 0 Å². The molecule has 0 aromatic heterocycles. The van der Waals surface area contributed by atoms with Crippen LogP contribution in [-0.2, 0) is 4.74 Å². The fourth-order valence-electron chi connectivity index (χ4n) is 2.34. The van der Waals surface area contributed by atoms with Gasteiger partial charge in [0.1, 0.15) is 0 Å². The summed E-state index contributed by atoms with van der Waals surface area (Å²) >= 11 is 2.22. The molecule has 5 heteroatoms. The number of ether oxygens (including phenoxy) is 1. The first-order valence-corrected chi connectivity index (χ1v) is 9.98. The van der Waals surface area contributed by atoms with Crippen LogP contribution in [0, 0.1) is 0 Å². The van der Waals surface area contributed by atoms with E-state index in [0.717, 1.165) is 12.8 Å². The van der Waals surface area contributed by atoms with Crippen LogP contribution in [0.3, 0.4) is 0 Å². The van der Waals surface area contributed by atoms with Gasteiger partial charge in [0.25, 0.3) is 0 Å². The van der Waals surface area contributed by atoms with Crippen LogP contribution in [0.15, 0.2) is 29.4 Å². The standard InChI is InChI=1S/C15H21NO2SSe/c1-4-12-14(9-15(16-17)18-12)20-13-8-6-5-7-11(13)10(2)19-3/h5-8,10,12,14,17H,4,9H2,1-3H3/b16-15-/t10-,12?,14?/m0/s1. The van der Waals surface area contributed by atoms with Crippen LogP contribution in [0.5, 0.6) is 0 Å². The van der Waals surface area contributed by atoms with Crippen LogP contribution in [-0.4, -0.2) is 38.4 Å². The Hall–Kier alpha value is -0.641. The number of hydrogen-bond donors (Lipinski definition) is 1. The van der Waals surface area contributed by atoms with Crippen LogP contribution < -0.4 is 4.46 Å². The van der Waals surface area contributed by atoms with Crippen molar-refractivity contribution < 1.29 is 9.94 Å². The van der Waals surface area contributed by atoms with Gasteiger partial charge in [0.2, 0.25) is 0 Å². The van der Waals surface area contributed by atoms with E-state index in [1.807, 2.05) is 11.8 Å². The van der Waals surface area contributed by atoms with Crippen molar-refractivity contribution in [1.82, 2.24) is 0 Å². The van der Waals surface area contributed by atoms with Gasteiger partial charge in [0.15, 0.2) is 0 Å². The third-order valence-electron chi connectivity index (χ3n) is 3.58. The third-order valence-corrected chi connectivity index (χ3v) is 7.48. The summed E-state index contributed by atoms with van der Waals surface area (Å²) in [4.78, 5) is 0.466. The molecule has 1 heterocycles. The zero-order valence-corrected chi connectivity index (χ0v) is 14.6. The molecule has 1 N–H and O–H groups in total. The van der Waals surface area contributed by atoms with Gasteiger partial charge in [-0.1, -0.05) is 0 Å². The average Bonchev–Trinajstić information content (AvgIpc) is 2.89. The molecule has 0 saturated carbocycles. The zero-order chi connectivity index (χ0) is 14.5. The SMILES string of the molecule is CCC1O/C(=N\O)CC1[Se]c1ccccc1[C@H](C)SC. The van der Waals surface area contributed by atoms with Gasteiger partial charge in [0.05, 0.1) is 0 Å². The van der Waals surface area contributed by atoms with Gasteiger partial charge >= 0.3 is 131 Å². The second-order valence-corrected chi connectivity index (χ2v) is 8.70. The van der Waals surface area contributed by atoms with E-state index < -0.39 is 0 Å². The first-order valence-electron chi connectivity index (χ1n) is 6.85. The molecular formula is C15H21NO2SSe. The van der Waals surface area contributed by atoms with Gasteiger partial charge in [-0.05, 0) is 0 Å². The van der Waals surface area contributed by atoms with Gasteiger partial charge in [0, 0.05) is 0 Å². The molecule has 0 spiro atoms. The predicted octanol–water partition coefficient (Wildman–Crippen LogP) is 3.22. The molecule has 1 aromatic carbocycles. The summed E-state index contributed by atoms with van der Waals surface area (Å²) in [5.41, 5.74) is 1.43. The quantitative estimate of drug-likeness (QED) is 0.499. The zero-order valence-electron chi connectivity index (χ0n) is 12.1. The Morgan fingerprint density at radius 1 is 1.50 bits per heavy atom. The number of rotatable bonds is 5. The second-order valence-electron chi connectivity index (χ2n) is 4.83. The molecule has 20 heavy (non-hydrogen) atoms. The van der Waals surface area contributed by atoms with Crippen molar-refractivity contribution in [3.05, 3.63) is 29.8 Å². The van der Waals surface area contributed by atoms with E-state index in [4.69, 9.17) is 9.94 Å². The molecule has 3 atom stereocenters. The monoisotopic (exact) mass is 359 g/mol. The molecule has 0 aliphatic carbocycles. The molecule has 1 aliphatic rings. The Morgan fingerprint density at radius 3 is 2.90 bits per heavy atom. The van der Waals surface area contributed by atoms with Crippen LogP contribution in [0.4, 0.5) is 0 Å². The maximum absolute atomic E-state index is 8.91. The molecule has 0 bridgehead atoms. The summed E-state index contributed by atoms with van der Waals surface area (Å²) in [5, 5.41) is 12.7. The fraction of sp³-hybridized carbons (Fsp3) is 0.533. The van der Waals surface area contributed by atoms with Crippen molar-refractivity contribution >= 4 is 37.1 Å². The minimum atomic E-state index is 0.193. The minimum absolute atomic E-state index is 0.193. The Morgan fingerprint density at radius 2 is 2.25 bits per heavy atom. The summed E-state index contributed by atoms with van der Waals surface area (Å²) in [5.74, 6) is 0.499. The Bertz CT molecular complexity index is 481. The molecule has 2 unspecified atom stereocenters. The summed E-state index contributed by atoms with van der Waals surface area (Å²) < 4.78 is 7.13. The molecule has 0 radical (unpaired) electrons. The van der Waals surface area contributed by atoms with Gasteiger partial charge in [-0.2, -0.15) is 0 Å².